The first-order chi connectivity index (χ1) is 18.0. The molecule has 0 saturated heterocycles. The number of amides is 1. The predicted molar refractivity (Wildman–Crippen MR) is 143 cm³/mol. The quantitative estimate of drug-likeness (QED) is 0.296. The zero-order chi connectivity index (χ0) is 28.0. The van der Waals surface area contributed by atoms with E-state index in [9.17, 15) is 24.2 Å². The van der Waals surface area contributed by atoms with Crippen LogP contribution in [0.2, 0.25) is 0 Å². The number of carbonyl (C=O) groups is 2. The van der Waals surface area contributed by atoms with Gasteiger partial charge in [0.1, 0.15) is 5.82 Å². The number of hydrogen-bond acceptors (Lipinski definition) is 5. The monoisotopic (exact) mass is 549 g/mol. The van der Waals surface area contributed by atoms with Crippen molar-refractivity contribution in [3.63, 3.8) is 0 Å². The molecule has 10 heteroatoms. The van der Waals surface area contributed by atoms with Crippen LogP contribution in [0.25, 0.3) is 5.69 Å². The van der Waals surface area contributed by atoms with Crippen LogP contribution in [-0.2, 0) is 11.2 Å². The molecule has 0 aliphatic rings. The molecule has 0 unspecified atom stereocenters. The standard InChI is InChI=1S/C29H36FN3O5.Na.H/c1-18(2)27-25(15-14-23(34)16-24(35)17-26(36)37)33(22-12-10-21(30)11-13-22)31-28(27)29(38)32(4)19(3)20-8-6-5-7-9-20;;/h5-13,18-19,23-24,34-35H,14-17H2,1-4H3,(H,36,37);;/q;+1;-1/t19-,23+,24+;;/m0../s1. The van der Waals surface area contributed by atoms with Gasteiger partial charge in [0.05, 0.1) is 30.4 Å². The molecule has 8 nitrogen and oxygen atoms in total. The minimum atomic E-state index is -1.17. The summed E-state index contributed by atoms with van der Waals surface area (Å²) in [5.41, 5.74) is 3.26. The molecule has 0 spiro atoms. The van der Waals surface area contributed by atoms with Crippen molar-refractivity contribution < 1.29 is 60.3 Å². The van der Waals surface area contributed by atoms with Crippen LogP contribution in [0.3, 0.4) is 0 Å². The second kappa shape index (κ2) is 14.7. The Bertz CT molecular complexity index is 1240. The van der Waals surface area contributed by atoms with Crippen LogP contribution >= 0.6 is 0 Å². The van der Waals surface area contributed by atoms with E-state index >= 15 is 0 Å². The number of carboxylic acids is 1. The van der Waals surface area contributed by atoms with Crippen molar-refractivity contribution in [1.82, 2.24) is 14.7 Å². The van der Waals surface area contributed by atoms with Gasteiger partial charge < -0.3 is 21.6 Å². The van der Waals surface area contributed by atoms with E-state index in [0.29, 0.717) is 17.8 Å². The van der Waals surface area contributed by atoms with E-state index in [4.69, 9.17) is 10.2 Å². The third-order valence-electron chi connectivity index (χ3n) is 6.72. The fourth-order valence-electron chi connectivity index (χ4n) is 4.58. The molecular formula is C29H37FN3NaO5. The van der Waals surface area contributed by atoms with E-state index in [2.05, 4.69) is 0 Å². The normalized spacial score (nSPS) is 13.4. The molecule has 3 rings (SSSR count). The Morgan fingerprint density at radius 2 is 1.64 bits per heavy atom. The summed E-state index contributed by atoms with van der Waals surface area (Å²) in [7, 11) is 1.73. The molecule has 2 aromatic carbocycles. The maximum Gasteiger partial charge on any atom is 1.00 e. The second-order valence-electron chi connectivity index (χ2n) is 9.93. The number of carboxylic acid groups (broad SMARTS) is 1. The largest absolute Gasteiger partial charge is 1.00 e. The van der Waals surface area contributed by atoms with Gasteiger partial charge in [-0.2, -0.15) is 5.10 Å². The van der Waals surface area contributed by atoms with E-state index in [1.807, 2.05) is 51.1 Å². The minimum Gasteiger partial charge on any atom is -1.00 e. The van der Waals surface area contributed by atoms with Crippen LogP contribution in [0.4, 0.5) is 4.39 Å². The number of halogens is 1. The van der Waals surface area contributed by atoms with Crippen molar-refractivity contribution in [1.29, 1.82) is 0 Å². The molecule has 206 valence electrons. The van der Waals surface area contributed by atoms with E-state index in [-0.39, 0.29) is 67.4 Å². The number of benzene rings is 2. The minimum absolute atomic E-state index is 0. The summed E-state index contributed by atoms with van der Waals surface area (Å²) >= 11 is 0. The van der Waals surface area contributed by atoms with Crippen LogP contribution in [-0.4, -0.2) is 61.1 Å². The number of aliphatic carboxylic acids is 1. The summed E-state index contributed by atoms with van der Waals surface area (Å²) in [5, 5.41) is 34.0. The molecule has 3 N–H and O–H groups in total. The molecule has 0 saturated carbocycles. The Hall–Kier alpha value is -2.56. The van der Waals surface area contributed by atoms with E-state index in [1.54, 1.807) is 28.8 Å². The van der Waals surface area contributed by atoms with Gasteiger partial charge in [-0.3, -0.25) is 9.59 Å². The molecule has 1 amide bonds. The Morgan fingerprint density at radius 1 is 1.03 bits per heavy atom. The van der Waals surface area contributed by atoms with Gasteiger partial charge in [-0.1, -0.05) is 44.2 Å². The number of carbonyl (C=O) groups excluding carboxylic acids is 1. The summed E-state index contributed by atoms with van der Waals surface area (Å²) in [6.07, 6.45) is -2.14. The molecule has 3 aromatic rings. The summed E-state index contributed by atoms with van der Waals surface area (Å²) in [6, 6.07) is 15.3. The first kappa shape index (κ1) is 32.7. The van der Waals surface area contributed by atoms with Gasteiger partial charge in [0.25, 0.3) is 5.91 Å². The molecular weight excluding hydrogens is 512 g/mol. The van der Waals surface area contributed by atoms with Crippen LogP contribution in [0.5, 0.6) is 0 Å². The molecule has 39 heavy (non-hydrogen) atoms. The zero-order valence-electron chi connectivity index (χ0n) is 24.2. The average Bonchev–Trinajstić information content (AvgIpc) is 3.26. The Balaban J connectivity index is 0.00000400. The number of aliphatic hydroxyl groups is 2. The van der Waals surface area contributed by atoms with Crippen LogP contribution in [0.15, 0.2) is 54.6 Å². The fraction of sp³-hybridized carbons (Fsp3) is 0.414. The Kier molecular flexibility index (Phi) is 12.3. The number of aromatic nitrogens is 2. The van der Waals surface area contributed by atoms with Gasteiger partial charge in [0.15, 0.2) is 5.69 Å². The molecule has 0 fully saturated rings. The van der Waals surface area contributed by atoms with Gasteiger partial charge in [-0.25, -0.2) is 9.07 Å². The molecule has 1 aromatic heterocycles. The maximum atomic E-state index is 13.8. The Labute approximate surface area is 252 Å². The van der Waals surface area contributed by atoms with Gasteiger partial charge in [-0.05, 0) is 61.9 Å². The number of hydrogen-bond donors (Lipinski definition) is 3. The fourth-order valence-corrected chi connectivity index (χ4v) is 4.58. The summed E-state index contributed by atoms with van der Waals surface area (Å²) in [4.78, 5) is 26.3. The van der Waals surface area contributed by atoms with Gasteiger partial charge in [0.2, 0.25) is 0 Å². The van der Waals surface area contributed by atoms with Crippen molar-refractivity contribution in [3.05, 3.63) is 82.9 Å². The first-order valence-corrected chi connectivity index (χ1v) is 12.8. The second-order valence-corrected chi connectivity index (χ2v) is 9.93. The van der Waals surface area contributed by atoms with Gasteiger partial charge in [-0.15, -0.1) is 0 Å². The zero-order valence-corrected chi connectivity index (χ0v) is 25.2. The molecule has 0 radical (unpaired) electrons. The van der Waals surface area contributed by atoms with Crippen molar-refractivity contribution in [2.45, 2.75) is 70.6 Å². The van der Waals surface area contributed by atoms with Crippen LogP contribution in [0.1, 0.15) is 80.7 Å². The maximum absolute atomic E-state index is 13.8. The third kappa shape index (κ3) is 8.46. The smallest absolute Gasteiger partial charge is 1.00 e. The van der Waals surface area contributed by atoms with E-state index in [1.165, 1.54) is 12.1 Å². The van der Waals surface area contributed by atoms with Crippen molar-refractivity contribution in [2.75, 3.05) is 7.05 Å². The first-order valence-electron chi connectivity index (χ1n) is 12.8. The van der Waals surface area contributed by atoms with Crippen molar-refractivity contribution in [3.8, 4) is 5.69 Å². The summed E-state index contributed by atoms with van der Waals surface area (Å²) < 4.78 is 15.3. The average molecular weight is 550 g/mol. The SMILES string of the molecule is CC(C)c1c(C(=O)N(C)[C@@H](C)c2ccccc2)nn(-c2ccc(F)cc2)c1CC[C@@H](O)C[C@@H](O)CC(=O)O.[H-].[Na+]. The Morgan fingerprint density at radius 3 is 2.21 bits per heavy atom. The van der Waals surface area contributed by atoms with E-state index < -0.39 is 30.4 Å². The molecule has 0 aliphatic carbocycles. The number of nitrogens with zero attached hydrogens (tertiary/aromatic N) is 3. The van der Waals surface area contributed by atoms with Crippen molar-refractivity contribution >= 4 is 11.9 Å². The molecule has 0 bridgehead atoms. The van der Waals surface area contributed by atoms with Crippen LogP contribution in [0, 0.1) is 5.82 Å². The number of aliphatic hydroxyl groups excluding tert-OH is 2. The number of rotatable bonds is 12. The van der Waals surface area contributed by atoms with Gasteiger partial charge in [0, 0.05) is 18.3 Å². The van der Waals surface area contributed by atoms with Gasteiger partial charge >= 0.3 is 35.5 Å². The third-order valence-corrected chi connectivity index (χ3v) is 6.72. The predicted octanol–water partition coefficient (Wildman–Crippen LogP) is 1.60. The van der Waals surface area contributed by atoms with E-state index in [0.717, 1.165) is 11.1 Å². The molecule has 0 aliphatic heterocycles. The molecule has 1 heterocycles. The van der Waals surface area contributed by atoms with Crippen LogP contribution < -0.4 is 29.6 Å². The molecule has 3 atom stereocenters. The summed E-state index contributed by atoms with van der Waals surface area (Å²) in [6.45, 7) is 5.86. The summed E-state index contributed by atoms with van der Waals surface area (Å²) in [5.74, 6) is -1.89. The topological polar surface area (TPSA) is 116 Å². The van der Waals surface area contributed by atoms with Crippen molar-refractivity contribution in [2.24, 2.45) is 0 Å².